The molecule has 132 valence electrons. The quantitative estimate of drug-likeness (QED) is 0.859. The fourth-order valence-electron chi connectivity index (χ4n) is 2.81. The van der Waals surface area contributed by atoms with Crippen LogP contribution in [0.25, 0.3) is 0 Å². The van der Waals surface area contributed by atoms with Crippen LogP contribution >= 0.6 is 0 Å². The average molecular weight is 342 g/mol. The number of aromatic nitrogens is 1. The highest BCUT2D eigenvalue weighted by molar-refractivity contribution is 5.89. The third kappa shape index (κ3) is 4.17. The highest BCUT2D eigenvalue weighted by Crippen LogP contribution is 2.20. The van der Waals surface area contributed by atoms with Gasteiger partial charge < -0.3 is 19.5 Å². The van der Waals surface area contributed by atoms with Gasteiger partial charge in [-0.3, -0.25) is 9.59 Å². The lowest BCUT2D eigenvalue weighted by Gasteiger charge is -2.15. The van der Waals surface area contributed by atoms with Crippen LogP contribution in [-0.2, 0) is 22.7 Å². The van der Waals surface area contributed by atoms with Gasteiger partial charge in [-0.25, -0.2) is 4.98 Å². The second kappa shape index (κ2) is 7.38. The Balaban J connectivity index is 1.50. The van der Waals surface area contributed by atoms with E-state index in [0.717, 1.165) is 17.1 Å². The van der Waals surface area contributed by atoms with Crippen LogP contribution in [0.5, 0.6) is 0 Å². The van der Waals surface area contributed by atoms with Gasteiger partial charge in [0.1, 0.15) is 11.6 Å². The Morgan fingerprint density at radius 2 is 2.24 bits per heavy atom. The Labute approximate surface area is 146 Å². The Morgan fingerprint density at radius 1 is 1.40 bits per heavy atom. The standard InChI is InChI=1S/C18H22N4O3/c1-21(2)16-6-5-13(9-19-16)10-20-18(24)14-8-17(23)22(11-14)12-15-4-3-7-25-15/h3-7,9,14H,8,10-12H2,1-2H3,(H,20,24). The molecule has 1 N–H and O–H groups in total. The van der Waals surface area contributed by atoms with Crippen LogP contribution in [0.15, 0.2) is 41.1 Å². The Kier molecular flexibility index (Phi) is 5.02. The fourth-order valence-corrected chi connectivity index (χ4v) is 2.81. The van der Waals surface area contributed by atoms with E-state index in [0.29, 0.717) is 19.6 Å². The molecule has 2 aromatic heterocycles. The Bertz CT molecular complexity index is 725. The van der Waals surface area contributed by atoms with E-state index in [1.165, 1.54) is 0 Å². The second-order valence-electron chi connectivity index (χ2n) is 6.39. The van der Waals surface area contributed by atoms with Gasteiger partial charge in [-0.15, -0.1) is 0 Å². The second-order valence-corrected chi connectivity index (χ2v) is 6.39. The van der Waals surface area contributed by atoms with Gasteiger partial charge >= 0.3 is 0 Å². The number of hydrogen-bond acceptors (Lipinski definition) is 5. The molecule has 3 rings (SSSR count). The number of nitrogens with one attached hydrogen (secondary N) is 1. The first-order chi connectivity index (χ1) is 12.0. The van der Waals surface area contributed by atoms with E-state index in [2.05, 4.69) is 10.3 Å². The number of nitrogens with zero attached hydrogens (tertiary/aromatic N) is 3. The summed E-state index contributed by atoms with van der Waals surface area (Å²) in [5.74, 6) is 1.14. The van der Waals surface area contributed by atoms with Gasteiger partial charge in [0.05, 0.1) is 18.7 Å². The lowest BCUT2D eigenvalue weighted by Crippen LogP contribution is -2.32. The number of hydrogen-bond donors (Lipinski definition) is 1. The monoisotopic (exact) mass is 342 g/mol. The highest BCUT2D eigenvalue weighted by Gasteiger charge is 2.34. The van der Waals surface area contributed by atoms with Crippen LogP contribution in [0.3, 0.4) is 0 Å². The molecule has 7 nitrogen and oxygen atoms in total. The fraction of sp³-hybridized carbons (Fsp3) is 0.389. The molecule has 1 aliphatic heterocycles. The van der Waals surface area contributed by atoms with Gasteiger partial charge in [0, 0.05) is 39.8 Å². The predicted molar refractivity (Wildman–Crippen MR) is 92.6 cm³/mol. The third-order valence-electron chi connectivity index (χ3n) is 4.25. The van der Waals surface area contributed by atoms with Crippen molar-refractivity contribution in [1.82, 2.24) is 15.2 Å². The van der Waals surface area contributed by atoms with Crippen molar-refractivity contribution in [2.75, 3.05) is 25.5 Å². The maximum absolute atomic E-state index is 12.3. The molecule has 25 heavy (non-hydrogen) atoms. The van der Waals surface area contributed by atoms with Crippen molar-refractivity contribution in [3.05, 3.63) is 48.0 Å². The maximum Gasteiger partial charge on any atom is 0.225 e. The molecule has 7 heteroatoms. The molecule has 0 saturated carbocycles. The molecule has 0 spiro atoms. The number of carbonyl (C=O) groups excluding carboxylic acids is 2. The van der Waals surface area contributed by atoms with E-state index < -0.39 is 0 Å². The molecule has 1 aliphatic rings. The van der Waals surface area contributed by atoms with Crippen molar-refractivity contribution in [3.63, 3.8) is 0 Å². The normalized spacial score (nSPS) is 17.0. The lowest BCUT2D eigenvalue weighted by molar-refractivity contribution is -0.129. The summed E-state index contributed by atoms with van der Waals surface area (Å²) in [6.07, 6.45) is 3.57. The molecule has 1 saturated heterocycles. The number of anilines is 1. The van der Waals surface area contributed by atoms with E-state index in [9.17, 15) is 9.59 Å². The predicted octanol–water partition coefficient (Wildman–Crippen LogP) is 1.41. The lowest BCUT2D eigenvalue weighted by atomic mass is 10.1. The summed E-state index contributed by atoms with van der Waals surface area (Å²) >= 11 is 0. The van der Waals surface area contributed by atoms with Crippen molar-refractivity contribution in [3.8, 4) is 0 Å². The zero-order chi connectivity index (χ0) is 17.8. The molecule has 3 heterocycles. The molecule has 2 aromatic rings. The topological polar surface area (TPSA) is 78.7 Å². The Hall–Kier alpha value is -2.83. The van der Waals surface area contributed by atoms with E-state index in [4.69, 9.17) is 4.42 Å². The molecular weight excluding hydrogens is 320 g/mol. The largest absolute Gasteiger partial charge is 0.467 e. The SMILES string of the molecule is CN(C)c1ccc(CNC(=O)C2CC(=O)N(Cc3ccco3)C2)cn1. The number of pyridine rings is 1. The zero-order valence-electron chi connectivity index (χ0n) is 14.4. The molecule has 0 bridgehead atoms. The van der Waals surface area contributed by atoms with Gasteiger partial charge in [-0.05, 0) is 23.8 Å². The number of furan rings is 1. The number of rotatable bonds is 6. The van der Waals surface area contributed by atoms with E-state index in [1.54, 1.807) is 23.4 Å². The first-order valence-electron chi connectivity index (χ1n) is 8.23. The minimum Gasteiger partial charge on any atom is -0.467 e. The van der Waals surface area contributed by atoms with Crippen LogP contribution in [0.4, 0.5) is 5.82 Å². The first kappa shape index (κ1) is 17.0. The van der Waals surface area contributed by atoms with E-state index in [-0.39, 0.29) is 24.2 Å². The van der Waals surface area contributed by atoms with E-state index in [1.807, 2.05) is 37.2 Å². The molecular formula is C18H22N4O3. The van der Waals surface area contributed by atoms with Gasteiger partial charge in [0.15, 0.2) is 0 Å². The van der Waals surface area contributed by atoms with Crippen molar-refractivity contribution < 1.29 is 14.0 Å². The van der Waals surface area contributed by atoms with Gasteiger partial charge in [0.2, 0.25) is 11.8 Å². The average Bonchev–Trinajstić information content (AvgIpc) is 3.24. The minimum absolute atomic E-state index is 0.0199. The summed E-state index contributed by atoms with van der Waals surface area (Å²) in [4.78, 5) is 32.3. The Morgan fingerprint density at radius 3 is 2.88 bits per heavy atom. The van der Waals surface area contributed by atoms with Crippen LogP contribution in [0.2, 0.25) is 0 Å². The summed E-state index contributed by atoms with van der Waals surface area (Å²) in [7, 11) is 3.85. The molecule has 1 unspecified atom stereocenters. The van der Waals surface area contributed by atoms with Gasteiger partial charge in [0.25, 0.3) is 0 Å². The molecule has 0 radical (unpaired) electrons. The summed E-state index contributed by atoms with van der Waals surface area (Å²) < 4.78 is 5.27. The van der Waals surface area contributed by atoms with Crippen LogP contribution in [-0.4, -0.2) is 42.3 Å². The van der Waals surface area contributed by atoms with Crippen LogP contribution in [0.1, 0.15) is 17.7 Å². The summed E-state index contributed by atoms with van der Waals surface area (Å²) in [5, 5.41) is 2.89. The summed E-state index contributed by atoms with van der Waals surface area (Å²) in [5.41, 5.74) is 0.927. The highest BCUT2D eigenvalue weighted by atomic mass is 16.3. The third-order valence-corrected chi connectivity index (χ3v) is 4.25. The van der Waals surface area contributed by atoms with Crippen LogP contribution in [0, 0.1) is 5.92 Å². The van der Waals surface area contributed by atoms with E-state index >= 15 is 0 Å². The van der Waals surface area contributed by atoms with Crippen molar-refractivity contribution >= 4 is 17.6 Å². The molecule has 2 amide bonds. The molecule has 1 atom stereocenters. The number of likely N-dealkylation sites (tertiary alicyclic amines) is 1. The zero-order valence-corrected chi connectivity index (χ0v) is 14.4. The summed E-state index contributed by atoms with van der Waals surface area (Å²) in [6.45, 7) is 1.23. The van der Waals surface area contributed by atoms with Crippen molar-refractivity contribution in [2.24, 2.45) is 5.92 Å². The van der Waals surface area contributed by atoms with Gasteiger partial charge in [-0.2, -0.15) is 0 Å². The van der Waals surface area contributed by atoms with Crippen molar-refractivity contribution in [1.29, 1.82) is 0 Å². The number of amides is 2. The van der Waals surface area contributed by atoms with Gasteiger partial charge in [-0.1, -0.05) is 6.07 Å². The van der Waals surface area contributed by atoms with Crippen molar-refractivity contribution in [2.45, 2.75) is 19.5 Å². The molecule has 0 aromatic carbocycles. The molecule has 0 aliphatic carbocycles. The minimum atomic E-state index is -0.323. The summed E-state index contributed by atoms with van der Waals surface area (Å²) in [6, 6.07) is 7.46. The molecule has 1 fully saturated rings. The number of carbonyl (C=O) groups is 2. The van der Waals surface area contributed by atoms with Crippen LogP contribution < -0.4 is 10.2 Å². The first-order valence-corrected chi connectivity index (χ1v) is 8.23. The maximum atomic E-state index is 12.3. The smallest absolute Gasteiger partial charge is 0.225 e.